The smallest absolute Gasteiger partial charge is 0.244 e. The lowest BCUT2D eigenvalue weighted by atomic mass is 9.91. The van der Waals surface area contributed by atoms with Gasteiger partial charge in [-0.05, 0) is 25.2 Å². The largest absolute Gasteiger partial charge is 0.381 e. The summed E-state index contributed by atoms with van der Waals surface area (Å²) in [6.45, 7) is 8.62. The standard InChI is InChI=1S/C18H29N5O2/c1-5-15-14(11-23(4)21-15)10-19-16(13-6-8-24-9-7-13)18-20-17(12(2)3)22-25-18/h11-13,16,19H,5-10H2,1-4H3. The van der Waals surface area contributed by atoms with Gasteiger partial charge in [-0.15, -0.1) is 0 Å². The molecule has 1 aliphatic heterocycles. The Bertz CT molecular complexity index is 673. The molecule has 1 aliphatic rings. The highest BCUT2D eigenvalue weighted by Gasteiger charge is 2.30. The normalized spacial score (nSPS) is 17.3. The van der Waals surface area contributed by atoms with Crippen LogP contribution in [0.25, 0.3) is 0 Å². The fourth-order valence-electron chi connectivity index (χ4n) is 3.36. The molecule has 0 amide bonds. The van der Waals surface area contributed by atoms with E-state index in [2.05, 4.69) is 47.5 Å². The van der Waals surface area contributed by atoms with Crippen LogP contribution in [0.3, 0.4) is 0 Å². The van der Waals surface area contributed by atoms with Crippen LogP contribution in [0.2, 0.25) is 0 Å². The van der Waals surface area contributed by atoms with E-state index < -0.39 is 0 Å². The second-order valence-electron chi connectivity index (χ2n) is 7.08. The second kappa shape index (κ2) is 8.10. The van der Waals surface area contributed by atoms with Gasteiger partial charge in [0.25, 0.3) is 0 Å². The van der Waals surface area contributed by atoms with Crippen LogP contribution in [0.5, 0.6) is 0 Å². The molecule has 7 heteroatoms. The molecule has 25 heavy (non-hydrogen) atoms. The summed E-state index contributed by atoms with van der Waals surface area (Å²) in [4.78, 5) is 4.64. The molecule has 0 radical (unpaired) electrons. The van der Waals surface area contributed by atoms with Crippen LogP contribution in [-0.4, -0.2) is 33.1 Å². The monoisotopic (exact) mass is 347 g/mol. The molecule has 1 saturated heterocycles. The van der Waals surface area contributed by atoms with Crippen LogP contribution >= 0.6 is 0 Å². The van der Waals surface area contributed by atoms with Crippen molar-refractivity contribution in [1.29, 1.82) is 0 Å². The van der Waals surface area contributed by atoms with Gasteiger partial charge < -0.3 is 14.6 Å². The predicted molar refractivity (Wildman–Crippen MR) is 94.1 cm³/mol. The summed E-state index contributed by atoms with van der Waals surface area (Å²) >= 11 is 0. The molecule has 2 aromatic heterocycles. The highest BCUT2D eigenvalue weighted by Crippen LogP contribution is 2.30. The number of aromatic nitrogens is 4. The molecule has 0 saturated carbocycles. The molecule has 138 valence electrons. The topological polar surface area (TPSA) is 78.0 Å². The Balaban J connectivity index is 1.77. The number of hydrogen-bond acceptors (Lipinski definition) is 6. The van der Waals surface area contributed by atoms with E-state index >= 15 is 0 Å². The van der Waals surface area contributed by atoms with Crippen LogP contribution in [-0.2, 0) is 24.8 Å². The maximum absolute atomic E-state index is 5.61. The fraction of sp³-hybridized carbons (Fsp3) is 0.722. The maximum Gasteiger partial charge on any atom is 0.244 e. The molecule has 2 aromatic rings. The SMILES string of the molecule is CCc1nn(C)cc1CNC(c1nc(C(C)C)no1)C1CCOCC1. The van der Waals surface area contributed by atoms with Gasteiger partial charge in [-0.2, -0.15) is 10.1 Å². The minimum Gasteiger partial charge on any atom is -0.381 e. The minimum atomic E-state index is 0.0498. The van der Waals surface area contributed by atoms with Gasteiger partial charge in [0.2, 0.25) is 5.89 Å². The third-order valence-electron chi connectivity index (χ3n) is 4.82. The zero-order chi connectivity index (χ0) is 17.8. The van der Waals surface area contributed by atoms with Gasteiger partial charge in [0.1, 0.15) is 0 Å². The molecule has 0 aromatic carbocycles. The molecule has 1 N–H and O–H groups in total. The summed E-state index contributed by atoms with van der Waals surface area (Å²) in [5, 5.41) is 12.3. The fourth-order valence-corrected chi connectivity index (χ4v) is 3.36. The molecular formula is C18H29N5O2. The van der Waals surface area contributed by atoms with E-state index in [1.54, 1.807) is 0 Å². The van der Waals surface area contributed by atoms with Crippen molar-refractivity contribution < 1.29 is 9.26 Å². The van der Waals surface area contributed by atoms with E-state index in [0.29, 0.717) is 11.8 Å². The first-order valence-corrected chi connectivity index (χ1v) is 9.24. The third kappa shape index (κ3) is 4.27. The highest BCUT2D eigenvalue weighted by molar-refractivity contribution is 5.17. The van der Waals surface area contributed by atoms with Crippen molar-refractivity contribution in [3.63, 3.8) is 0 Å². The van der Waals surface area contributed by atoms with E-state index in [4.69, 9.17) is 9.26 Å². The average molecular weight is 347 g/mol. The molecule has 1 fully saturated rings. The minimum absolute atomic E-state index is 0.0498. The summed E-state index contributed by atoms with van der Waals surface area (Å²) in [5.41, 5.74) is 2.36. The number of rotatable bonds is 7. The Hall–Kier alpha value is -1.73. The van der Waals surface area contributed by atoms with Gasteiger partial charge in [-0.25, -0.2) is 0 Å². The van der Waals surface area contributed by atoms with Gasteiger partial charge in [-0.1, -0.05) is 25.9 Å². The second-order valence-corrected chi connectivity index (χ2v) is 7.08. The summed E-state index contributed by atoms with van der Waals surface area (Å²) in [6, 6.07) is 0.0498. The maximum atomic E-state index is 5.61. The lowest BCUT2D eigenvalue weighted by Gasteiger charge is -2.28. The molecule has 3 rings (SSSR count). The Morgan fingerprint density at radius 2 is 2.08 bits per heavy atom. The van der Waals surface area contributed by atoms with Gasteiger partial charge in [0, 0.05) is 44.5 Å². The quantitative estimate of drug-likeness (QED) is 0.830. The zero-order valence-electron chi connectivity index (χ0n) is 15.7. The van der Waals surface area contributed by atoms with Gasteiger partial charge in [0.15, 0.2) is 5.82 Å². The van der Waals surface area contributed by atoms with E-state index in [9.17, 15) is 0 Å². The predicted octanol–water partition coefficient (Wildman–Crippen LogP) is 2.75. The number of hydrogen-bond donors (Lipinski definition) is 1. The van der Waals surface area contributed by atoms with Crippen LogP contribution in [0, 0.1) is 5.92 Å². The Morgan fingerprint density at radius 1 is 1.32 bits per heavy atom. The Labute approximate surface area is 149 Å². The van der Waals surface area contributed by atoms with Gasteiger partial charge in [-0.3, -0.25) is 4.68 Å². The molecule has 0 aliphatic carbocycles. The van der Waals surface area contributed by atoms with E-state index in [-0.39, 0.29) is 12.0 Å². The highest BCUT2D eigenvalue weighted by atomic mass is 16.5. The van der Waals surface area contributed by atoms with Crippen molar-refractivity contribution in [3.8, 4) is 0 Å². The summed E-state index contributed by atoms with van der Waals surface area (Å²) in [5.74, 6) is 2.16. The number of nitrogens with zero attached hydrogens (tertiary/aromatic N) is 4. The van der Waals surface area contributed by atoms with E-state index in [1.165, 1.54) is 5.56 Å². The van der Waals surface area contributed by atoms with Crippen molar-refractivity contribution in [1.82, 2.24) is 25.2 Å². The van der Waals surface area contributed by atoms with Gasteiger partial charge >= 0.3 is 0 Å². The van der Waals surface area contributed by atoms with Crippen LogP contribution in [0.1, 0.15) is 68.5 Å². The first kappa shape index (κ1) is 18.1. The van der Waals surface area contributed by atoms with Crippen molar-refractivity contribution >= 4 is 0 Å². The summed E-state index contributed by atoms with van der Waals surface area (Å²) < 4.78 is 13.0. The van der Waals surface area contributed by atoms with Gasteiger partial charge in [0.05, 0.1) is 11.7 Å². The first-order valence-electron chi connectivity index (χ1n) is 9.24. The molecule has 0 bridgehead atoms. The van der Waals surface area contributed by atoms with E-state index in [0.717, 1.165) is 50.5 Å². The molecule has 3 heterocycles. The van der Waals surface area contributed by atoms with Crippen molar-refractivity contribution in [2.24, 2.45) is 13.0 Å². The lowest BCUT2D eigenvalue weighted by Crippen LogP contribution is -2.32. The zero-order valence-corrected chi connectivity index (χ0v) is 15.7. The molecule has 1 unspecified atom stereocenters. The van der Waals surface area contributed by atoms with Crippen LogP contribution < -0.4 is 5.32 Å². The molecule has 7 nitrogen and oxygen atoms in total. The third-order valence-corrected chi connectivity index (χ3v) is 4.82. The lowest BCUT2D eigenvalue weighted by molar-refractivity contribution is 0.0485. The average Bonchev–Trinajstić information content (AvgIpc) is 3.23. The first-order chi connectivity index (χ1) is 12.1. The molecular weight excluding hydrogens is 318 g/mol. The number of ether oxygens (including phenoxy) is 1. The Kier molecular flexibility index (Phi) is 5.86. The van der Waals surface area contributed by atoms with Crippen LogP contribution in [0.15, 0.2) is 10.7 Å². The van der Waals surface area contributed by atoms with Crippen molar-refractivity contribution in [3.05, 3.63) is 29.2 Å². The van der Waals surface area contributed by atoms with Crippen molar-refractivity contribution in [2.75, 3.05) is 13.2 Å². The van der Waals surface area contributed by atoms with Crippen molar-refractivity contribution in [2.45, 2.75) is 58.5 Å². The van der Waals surface area contributed by atoms with E-state index in [1.807, 2.05) is 11.7 Å². The molecule has 1 atom stereocenters. The molecule has 0 spiro atoms. The summed E-state index contributed by atoms with van der Waals surface area (Å²) in [7, 11) is 1.96. The Morgan fingerprint density at radius 3 is 2.72 bits per heavy atom. The summed E-state index contributed by atoms with van der Waals surface area (Å²) in [6.07, 6.45) is 5.02. The number of nitrogens with one attached hydrogen (secondary N) is 1. The number of aryl methyl sites for hydroxylation is 2. The van der Waals surface area contributed by atoms with Crippen LogP contribution in [0.4, 0.5) is 0 Å².